The molecule has 0 saturated heterocycles. The zero-order chi connectivity index (χ0) is 16.8. The summed E-state index contributed by atoms with van der Waals surface area (Å²) >= 11 is 7.30. The van der Waals surface area contributed by atoms with E-state index in [2.05, 4.69) is 10.5 Å². The Morgan fingerprint density at radius 3 is 2.54 bits per heavy atom. The minimum atomic E-state index is -0.312. The number of halogens is 1. The van der Waals surface area contributed by atoms with E-state index in [1.165, 1.54) is 18.0 Å². The summed E-state index contributed by atoms with van der Waals surface area (Å²) in [7, 11) is 0. The minimum Gasteiger partial charge on any atom is -0.448 e. The van der Waals surface area contributed by atoms with Crippen molar-refractivity contribution in [1.29, 1.82) is 0 Å². The van der Waals surface area contributed by atoms with Crippen molar-refractivity contribution in [3.63, 3.8) is 0 Å². The third-order valence-electron chi connectivity index (χ3n) is 3.03. The number of carbonyl (C=O) groups is 1. The number of amides is 1. The highest BCUT2D eigenvalue weighted by Crippen LogP contribution is 2.28. The number of nitrogens with one attached hydrogen (secondary N) is 1. The van der Waals surface area contributed by atoms with Crippen LogP contribution in [0.5, 0.6) is 0 Å². The van der Waals surface area contributed by atoms with Crippen LogP contribution in [0.2, 0.25) is 5.02 Å². The van der Waals surface area contributed by atoms with Crippen LogP contribution in [-0.4, -0.2) is 12.1 Å². The van der Waals surface area contributed by atoms with Gasteiger partial charge in [-0.1, -0.05) is 41.6 Å². The van der Waals surface area contributed by atoms with E-state index in [-0.39, 0.29) is 5.91 Å². The van der Waals surface area contributed by atoms with Gasteiger partial charge in [-0.25, -0.2) is 5.43 Å². The molecule has 0 radical (unpaired) electrons. The summed E-state index contributed by atoms with van der Waals surface area (Å²) in [6.07, 6.45) is 1.46. The van der Waals surface area contributed by atoms with Gasteiger partial charge in [-0.15, -0.1) is 0 Å². The quantitative estimate of drug-likeness (QED) is 0.525. The lowest BCUT2D eigenvalue weighted by Crippen LogP contribution is -2.17. The van der Waals surface area contributed by atoms with E-state index in [1.54, 1.807) is 30.3 Å². The van der Waals surface area contributed by atoms with Crippen LogP contribution in [0.15, 0.2) is 86.2 Å². The molecule has 120 valence electrons. The Kier molecular flexibility index (Phi) is 5.36. The summed E-state index contributed by atoms with van der Waals surface area (Å²) < 4.78 is 5.64. The zero-order valence-electron chi connectivity index (χ0n) is 12.5. The molecule has 0 atom stereocenters. The van der Waals surface area contributed by atoms with E-state index in [0.717, 1.165) is 9.99 Å². The van der Waals surface area contributed by atoms with Crippen molar-refractivity contribution in [3.05, 3.63) is 83.1 Å². The number of rotatable bonds is 5. The van der Waals surface area contributed by atoms with Gasteiger partial charge in [0.1, 0.15) is 5.76 Å². The summed E-state index contributed by atoms with van der Waals surface area (Å²) in [5.74, 6) is 0.248. The van der Waals surface area contributed by atoms with Gasteiger partial charge in [0.2, 0.25) is 0 Å². The standard InChI is InChI=1S/C18H13ClN2O2S/c19-14-8-6-13(7-9-14)18(22)21-20-12-15-10-11-17(23-15)24-16-4-2-1-3-5-16/h1-12H,(H,21,22)/b20-12-. The first kappa shape index (κ1) is 16.4. The number of furan rings is 1. The predicted octanol–water partition coefficient (Wildman–Crippen LogP) is 4.85. The molecule has 0 unspecified atom stereocenters. The fourth-order valence-corrected chi connectivity index (χ4v) is 2.81. The molecule has 24 heavy (non-hydrogen) atoms. The maximum atomic E-state index is 11.9. The molecule has 0 spiro atoms. The SMILES string of the molecule is O=C(N/N=C\c1ccc(Sc2ccccc2)o1)c1ccc(Cl)cc1. The summed E-state index contributed by atoms with van der Waals surface area (Å²) in [6, 6.07) is 20.2. The molecule has 1 amide bonds. The van der Waals surface area contributed by atoms with Gasteiger partial charge >= 0.3 is 0 Å². The summed E-state index contributed by atoms with van der Waals surface area (Å²) in [5.41, 5.74) is 2.93. The van der Waals surface area contributed by atoms with Crippen molar-refractivity contribution in [3.8, 4) is 0 Å². The van der Waals surface area contributed by atoms with Crippen LogP contribution >= 0.6 is 23.4 Å². The van der Waals surface area contributed by atoms with Crippen molar-refractivity contribution in [1.82, 2.24) is 5.43 Å². The van der Waals surface area contributed by atoms with Crippen LogP contribution in [0.4, 0.5) is 0 Å². The molecule has 0 aliphatic rings. The van der Waals surface area contributed by atoms with Gasteiger partial charge < -0.3 is 4.42 Å². The first-order chi connectivity index (χ1) is 11.7. The Labute approximate surface area is 148 Å². The average Bonchev–Trinajstić information content (AvgIpc) is 3.03. The summed E-state index contributed by atoms with van der Waals surface area (Å²) in [5, 5.41) is 5.23. The molecule has 3 rings (SSSR count). The van der Waals surface area contributed by atoms with Gasteiger partial charge in [-0.05, 0) is 48.5 Å². The van der Waals surface area contributed by atoms with Crippen molar-refractivity contribution >= 4 is 35.5 Å². The highest BCUT2D eigenvalue weighted by molar-refractivity contribution is 7.99. The van der Waals surface area contributed by atoms with Crippen LogP contribution in [0.25, 0.3) is 0 Å². The maximum Gasteiger partial charge on any atom is 0.271 e. The predicted molar refractivity (Wildman–Crippen MR) is 95.8 cm³/mol. The molecule has 0 saturated carbocycles. The smallest absolute Gasteiger partial charge is 0.271 e. The normalized spacial score (nSPS) is 10.9. The van der Waals surface area contributed by atoms with E-state index in [0.29, 0.717) is 16.3 Å². The molecular formula is C18H13ClN2O2S. The Hall–Kier alpha value is -2.50. The maximum absolute atomic E-state index is 11.9. The second-order valence-electron chi connectivity index (χ2n) is 4.78. The van der Waals surface area contributed by atoms with Gasteiger partial charge in [-0.2, -0.15) is 5.10 Å². The largest absolute Gasteiger partial charge is 0.448 e. The van der Waals surface area contributed by atoms with Crippen LogP contribution in [0.3, 0.4) is 0 Å². The van der Waals surface area contributed by atoms with Crippen molar-refractivity contribution in [2.45, 2.75) is 9.99 Å². The highest BCUT2D eigenvalue weighted by Gasteiger charge is 2.04. The van der Waals surface area contributed by atoms with E-state index >= 15 is 0 Å². The second kappa shape index (κ2) is 7.86. The first-order valence-electron chi connectivity index (χ1n) is 7.12. The van der Waals surface area contributed by atoms with Crippen LogP contribution in [-0.2, 0) is 0 Å². The van der Waals surface area contributed by atoms with Crippen LogP contribution in [0.1, 0.15) is 16.1 Å². The lowest BCUT2D eigenvalue weighted by Gasteiger charge is -1.99. The molecule has 1 N–H and O–H groups in total. The van der Waals surface area contributed by atoms with Gasteiger partial charge in [0.25, 0.3) is 5.91 Å². The number of hydrogen-bond acceptors (Lipinski definition) is 4. The molecule has 6 heteroatoms. The number of nitrogens with zero attached hydrogens (tertiary/aromatic N) is 1. The van der Waals surface area contributed by atoms with Crippen LogP contribution in [0, 0.1) is 0 Å². The summed E-state index contributed by atoms with van der Waals surface area (Å²) in [6.45, 7) is 0. The molecule has 1 aromatic heterocycles. The zero-order valence-corrected chi connectivity index (χ0v) is 14.1. The van der Waals surface area contributed by atoms with Gasteiger partial charge in [0, 0.05) is 15.5 Å². The molecule has 1 heterocycles. The fourth-order valence-electron chi connectivity index (χ4n) is 1.88. The fraction of sp³-hybridized carbons (Fsp3) is 0. The number of carbonyl (C=O) groups excluding carboxylic acids is 1. The Morgan fingerprint density at radius 1 is 1.04 bits per heavy atom. The lowest BCUT2D eigenvalue weighted by molar-refractivity contribution is 0.0955. The monoisotopic (exact) mass is 356 g/mol. The van der Waals surface area contributed by atoms with Crippen LogP contribution < -0.4 is 5.43 Å². The Balaban J connectivity index is 1.57. The van der Waals surface area contributed by atoms with Gasteiger partial charge in [0.05, 0.1) is 6.21 Å². The van der Waals surface area contributed by atoms with Gasteiger partial charge in [0.15, 0.2) is 5.09 Å². The topological polar surface area (TPSA) is 54.6 Å². The van der Waals surface area contributed by atoms with Crippen molar-refractivity contribution in [2.75, 3.05) is 0 Å². The molecule has 0 fully saturated rings. The molecule has 0 aliphatic heterocycles. The average molecular weight is 357 g/mol. The number of hydrogen-bond donors (Lipinski definition) is 1. The molecule has 0 aliphatic carbocycles. The third-order valence-corrected chi connectivity index (χ3v) is 4.21. The van der Waals surface area contributed by atoms with Crippen molar-refractivity contribution < 1.29 is 9.21 Å². The third kappa shape index (κ3) is 4.50. The molecule has 2 aromatic carbocycles. The molecule has 0 bridgehead atoms. The van der Waals surface area contributed by atoms with E-state index in [4.69, 9.17) is 16.0 Å². The van der Waals surface area contributed by atoms with E-state index in [1.807, 2.05) is 36.4 Å². The van der Waals surface area contributed by atoms with Crippen molar-refractivity contribution in [2.24, 2.45) is 5.10 Å². The molecule has 4 nitrogen and oxygen atoms in total. The van der Waals surface area contributed by atoms with E-state index in [9.17, 15) is 4.79 Å². The number of benzene rings is 2. The summed E-state index contributed by atoms with van der Waals surface area (Å²) in [4.78, 5) is 13.0. The Bertz CT molecular complexity index is 845. The molecule has 3 aromatic rings. The Morgan fingerprint density at radius 2 is 1.79 bits per heavy atom. The second-order valence-corrected chi connectivity index (χ2v) is 6.29. The first-order valence-corrected chi connectivity index (χ1v) is 8.32. The highest BCUT2D eigenvalue weighted by atomic mass is 35.5. The molecular weight excluding hydrogens is 344 g/mol. The lowest BCUT2D eigenvalue weighted by atomic mass is 10.2. The minimum absolute atomic E-state index is 0.312. The van der Waals surface area contributed by atoms with Gasteiger partial charge in [-0.3, -0.25) is 4.79 Å². The van der Waals surface area contributed by atoms with E-state index < -0.39 is 0 Å². The number of hydrazone groups is 1.